The van der Waals surface area contributed by atoms with Gasteiger partial charge in [-0.25, -0.2) is 0 Å². The normalized spacial score (nSPS) is 9.36. The largest absolute Gasteiger partial charge is 0.464 e. The van der Waals surface area contributed by atoms with Crippen LogP contribution < -0.4 is 0 Å². The number of hydrogen-bond donors (Lipinski definition) is 0. The summed E-state index contributed by atoms with van der Waals surface area (Å²) < 4.78 is 31.1. The van der Waals surface area contributed by atoms with Crippen molar-refractivity contribution in [2.45, 2.75) is 132 Å². The highest BCUT2D eigenvalue weighted by molar-refractivity contribution is 5.82. The lowest BCUT2D eigenvalue weighted by atomic mass is 10.1. The molecule has 0 bridgehead atoms. The van der Waals surface area contributed by atoms with Crippen molar-refractivity contribution in [3.05, 3.63) is 220 Å². The zero-order valence-corrected chi connectivity index (χ0v) is 48.9. The Morgan fingerprint density at radius 1 is 0.289 bits per heavy atom. The lowest BCUT2D eigenvalue weighted by Gasteiger charge is -1.97. The Bertz CT molecular complexity index is 3220. The first kappa shape index (κ1) is 66.0. The molecule has 0 aliphatic rings. The molecule has 9 nitrogen and oxygen atoms in total. The van der Waals surface area contributed by atoms with E-state index in [0.29, 0.717) is 5.58 Å². The van der Waals surface area contributed by atoms with Crippen molar-refractivity contribution in [3.8, 4) is 0 Å². The first-order chi connectivity index (χ1) is 36.9. The van der Waals surface area contributed by atoms with Gasteiger partial charge in [-0.3, -0.25) is 10.1 Å². The maximum absolute atomic E-state index is 10.3. The van der Waals surface area contributed by atoms with Gasteiger partial charge >= 0.3 is 0 Å². The number of nitro benzene ring substituents is 1. The summed E-state index contributed by atoms with van der Waals surface area (Å²) in [6.45, 7) is 38.6. The SMILES string of the molecule is CC.CC.CC.CC.CC.CC.Cc1cc(C)c2occc2c1.Cc1cc2ccoc2cc1C.Cc1ccc2occc2c1.Cc1ccc2occc2c1.Cc1ccc2occc2c1.O=[N+]([O-])c1ccc2occc2c1. The fraction of sp³-hybridized carbons (Fsp3) is 0.284. The minimum Gasteiger partial charge on any atom is -0.464 e. The average Bonchev–Trinajstić information content (AvgIpc) is 4.33. The molecule has 76 heavy (non-hydrogen) atoms. The van der Waals surface area contributed by atoms with Crippen LogP contribution >= 0.6 is 0 Å². The zero-order chi connectivity index (χ0) is 57.2. The molecule has 6 aromatic carbocycles. The summed E-state index contributed by atoms with van der Waals surface area (Å²) in [6.07, 6.45) is 10.1. The van der Waals surface area contributed by atoms with E-state index in [4.69, 9.17) is 26.5 Å². The summed E-state index contributed by atoms with van der Waals surface area (Å²) >= 11 is 0. The van der Waals surface area contributed by atoms with Crippen LogP contribution in [0.3, 0.4) is 0 Å². The summed E-state index contributed by atoms with van der Waals surface area (Å²) in [5.41, 5.74) is 14.6. The fourth-order valence-electron chi connectivity index (χ4n) is 7.00. The van der Waals surface area contributed by atoms with Gasteiger partial charge in [-0.1, -0.05) is 130 Å². The monoisotopic (exact) mass is 1030 g/mol. The fourth-order valence-corrected chi connectivity index (χ4v) is 7.00. The van der Waals surface area contributed by atoms with E-state index in [0.717, 1.165) is 33.3 Å². The smallest absolute Gasteiger partial charge is 0.270 e. The molecule has 0 spiro atoms. The third-order valence-corrected chi connectivity index (χ3v) is 10.4. The molecule has 12 aromatic rings. The van der Waals surface area contributed by atoms with Crippen molar-refractivity contribution in [2.24, 2.45) is 0 Å². The number of rotatable bonds is 1. The van der Waals surface area contributed by atoms with Gasteiger partial charge in [0.1, 0.15) is 33.5 Å². The van der Waals surface area contributed by atoms with Crippen LogP contribution in [0.2, 0.25) is 0 Å². The summed E-state index contributed by atoms with van der Waals surface area (Å²) in [4.78, 5) is 9.92. The maximum atomic E-state index is 10.3. The second kappa shape index (κ2) is 36.8. The molecule has 0 fully saturated rings. The minimum absolute atomic E-state index is 0.0869. The Labute approximate surface area is 452 Å². The van der Waals surface area contributed by atoms with Gasteiger partial charge in [0.05, 0.1) is 42.5 Å². The van der Waals surface area contributed by atoms with Crippen LogP contribution in [0.15, 0.2) is 198 Å². The number of non-ortho nitro benzene ring substituents is 1. The highest BCUT2D eigenvalue weighted by Gasteiger charge is 2.07. The Morgan fingerprint density at radius 2 is 0.592 bits per heavy atom. The van der Waals surface area contributed by atoms with Gasteiger partial charge in [0, 0.05) is 44.5 Å². The number of hydrogen-bond acceptors (Lipinski definition) is 8. The number of aryl methyl sites for hydroxylation is 7. The molecule has 9 heteroatoms. The topological polar surface area (TPSA) is 122 Å². The maximum Gasteiger partial charge on any atom is 0.270 e. The molecule has 0 amide bonds. The lowest BCUT2D eigenvalue weighted by Crippen LogP contribution is -1.85. The Hall–Kier alpha value is -8.04. The molecule has 0 saturated carbocycles. The number of nitrogens with zero attached hydrogens (tertiary/aromatic N) is 1. The molecule has 406 valence electrons. The first-order valence-electron chi connectivity index (χ1n) is 26.7. The predicted octanol–water partition coefficient (Wildman–Crippen LogP) is 22.8. The van der Waals surface area contributed by atoms with E-state index in [1.165, 1.54) is 84.3 Å². The molecule has 0 aliphatic carbocycles. The first-order valence-corrected chi connectivity index (χ1v) is 26.7. The van der Waals surface area contributed by atoms with Gasteiger partial charge in [-0.15, -0.1) is 0 Å². The second-order valence-electron chi connectivity index (χ2n) is 15.6. The average molecular weight is 1030 g/mol. The number of furan rings is 6. The number of fused-ring (bicyclic) bond motifs is 6. The molecule has 0 unspecified atom stereocenters. The van der Waals surface area contributed by atoms with Crippen molar-refractivity contribution in [3.63, 3.8) is 0 Å². The lowest BCUT2D eigenvalue weighted by molar-refractivity contribution is -0.384. The third-order valence-electron chi connectivity index (χ3n) is 10.4. The summed E-state index contributed by atoms with van der Waals surface area (Å²) in [5, 5.41) is 17.0. The van der Waals surface area contributed by atoms with E-state index < -0.39 is 4.92 Å². The van der Waals surface area contributed by atoms with Crippen LogP contribution in [0, 0.1) is 58.6 Å². The van der Waals surface area contributed by atoms with Gasteiger partial charge in [-0.05, 0) is 162 Å². The number of benzene rings is 6. The quantitative estimate of drug-likeness (QED) is 0.118. The highest BCUT2D eigenvalue weighted by atomic mass is 16.6. The molecule has 6 aromatic heterocycles. The minimum atomic E-state index is -0.424. The van der Waals surface area contributed by atoms with Crippen LogP contribution in [0.5, 0.6) is 0 Å². The molecular weight excluding hydrogens is 947 g/mol. The molecule has 6 heterocycles. The van der Waals surface area contributed by atoms with Crippen molar-refractivity contribution in [2.75, 3.05) is 0 Å². The van der Waals surface area contributed by atoms with E-state index in [2.05, 4.69) is 90.9 Å². The summed E-state index contributed by atoms with van der Waals surface area (Å²) in [7, 11) is 0. The molecule has 12 rings (SSSR count). The Kier molecular flexibility index (Phi) is 32.0. The van der Waals surface area contributed by atoms with Crippen LogP contribution in [-0.2, 0) is 0 Å². The molecule has 0 N–H and O–H groups in total. The molecule has 0 radical (unpaired) electrons. The van der Waals surface area contributed by atoms with Crippen molar-refractivity contribution in [1.29, 1.82) is 0 Å². The highest BCUT2D eigenvalue weighted by Crippen LogP contribution is 2.23. The van der Waals surface area contributed by atoms with Gasteiger partial charge in [0.15, 0.2) is 0 Å². The van der Waals surface area contributed by atoms with E-state index in [1.54, 1.807) is 43.4 Å². The van der Waals surface area contributed by atoms with Gasteiger partial charge < -0.3 is 26.5 Å². The van der Waals surface area contributed by atoms with Crippen LogP contribution in [0.4, 0.5) is 5.69 Å². The third kappa shape index (κ3) is 20.7. The van der Waals surface area contributed by atoms with Gasteiger partial charge in [-0.2, -0.15) is 0 Å². The molecule has 0 atom stereocenters. The van der Waals surface area contributed by atoms with Crippen molar-refractivity contribution < 1.29 is 31.4 Å². The Balaban J connectivity index is 0.000000438. The van der Waals surface area contributed by atoms with Crippen LogP contribution in [-0.4, -0.2) is 4.92 Å². The van der Waals surface area contributed by atoms with E-state index in [1.807, 2.05) is 150 Å². The van der Waals surface area contributed by atoms with Crippen LogP contribution in [0.1, 0.15) is 122 Å². The summed E-state index contributed by atoms with van der Waals surface area (Å²) in [5.74, 6) is 0. The molecular formula is C67H85NO8. The van der Waals surface area contributed by atoms with Crippen molar-refractivity contribution in [1.82, 2.24) is 0 Å². The van der Waals surface area contributed by atoms with E-state index >= 15 is 0 Å². The Morgan fingerprint density at radius 3 is 0.987 bits per heavy atom. The second-order valence-corrected chi connectivity index (χ2v) is 15.6. The number of nitro groups is 1. The van der Waals surface area contributed by atoms with Gasteiger partial charge in [0.2, 0.25) is 0 Å². The summed E-state index contributed by atoms with van der Waals surface area (Å²) in [6, 6.07) is 43.0. The van der Waals surface area contributed by atoms with E-state index in [9.17, 15) is 10.1 Å². The zero-order valence-electron chi connectivity index (χ0n) is 48.9. The van der Waals surface area contributed by atoms with Crippen LogP contribution in [0.25, 0.3) is 65.8 Å². The predicted molar refractivity (Wildman–Crippen MR) is 325 cm³/mol. The van der Waals surface area contributed by atoms with Crippen molar-refractivity contribution >= 4 is 71.5 Å². The molecule has 0 aliphatic heterocycles. The standard InChI is InChI=1S/2C10H10O.3C9H8O.C8H5NO3.6C2H6/c1-7-5-9-3-4-11-10(9)6-8(7)2;1-7-5-8(2)10-9(6-7)3-4-11-10;3*1-7-2-3-9-8(6-7)4-5-10-9;10-9(11)7-1-2-8-6(5-7)3-4-12-8;6*1-2/h2*3-6H,1-2H3;3*2-6H,1H3;1-5H;6*1-2H3. The van der Waals surface area contributed by atoms with E-state index in [-0.39, 0.29) is 5.69 Å². The van der Waals surface area contributed by atoms with Gasteiger partial charge in [0.25, 0.3) is 5.69 Å². The molecule has 0 saturated heterocycles.